The van der Waals surface area contributed by atoms with Gasteiger partial charge in [-0.3, -0.25) is 0 Å². The molecule has 0 amide bonds. The van der Waals surface area contributed by atoms with Gasteiger partial charge in [0.25, 0.3) is 0 Å². The summed E-state index contributed by atoms with van der Waals surface area (Å²) < 4.78 is 68.6. The van der Waals surface area contributed by atoms with E-state index in [9.17, 15) is 26.4 Å². The highest BCUT2D eigenvalue weighted by atomic mass is 32.2. The molecule has 1 heterocycles. The number of carbonyl (C=O) groups is 1. The molecule has 0 saturated carbocycles. The monoisotopic (exact) mass is 419 g/mol. The number of aryl methyl sites for hydroxylation is 1. The Morgan fingerprint density at radius 2 is 1.96 bits per heavy atom. The molecule has 1 aromatic heterocycles. The minimum Gasteiger partial charge on any atom is -0.462 e. The third-order valence-corrected chi connectivity index (χ3v) is 5.46. The van der Waals surface area contributed by atoms with Gasteiger partial charge in [-0.15, -0.1) is 11.3 Å². The Kier molecular flexibility index (Phi) is 5.82. The predicted octanol–water partition coefficient (Wildman–Crippen LogP) is 4.68. The average molecular weight is 419 g/mol. The van der Waals surface area contributed by atoms with Crippen molar-refractivity contribution in [1.29, 1.82) is 0 Å². The zero-order valence-electron chi connectivity index (χ0n) is 14.0. The summed E-state index contributed by atoms with van der Waals surface area (Å²) in [5, 5.41) is 0. The van der Waals surface area contributed by atoms with Crippen molar-refractivity contribution in [2.45, 2.75) is 19.4 Å². The van der Waals surface area contributed by atoms with Crippen LogP contribution in [0.3, 0.4) is 0 Å². The van der Waals surface area contributed by atoms with Crippen molar-refractivity contribution < 1.29 is 35.3 Å². The maximum Gasteiger partial charge on any atom is 0.534 e. The number of hydrogen-bond acceptors (Lipinski definition) is 6. The van der Waals surface area contributed by atoms with Crippen LogP contribution in [0.2, 0.25) is 0 Å². The Hall–Kier alpha value is -2.58. The van der Waals surface area contributed by atoms with Gasteiger partial charge in [-0.25, -0.2) is 9.64 Å². The second-order valence-electron chi connectivity index (χ2n) is 5.12. The normalized spacial score (nSPS) is 11.7. The van der Waals surface area contributed by atoms with Crippen LogP contribution in [-0.4, -0.2) is 26.5 Å². The van der Waals surface area contributed by atoms with Crippen LogP contribution >= 0.6 is 11.3 Å². The minimum atomic E-state index is -5.88. The molecular weight excluding hydrogens is 407 g/mol. The van der Waals surface area contributed by atoms with Crippen LogP contribution in [0.25, 0.3) is 15.3 Å². The number of esters is 1. The van der Waals surface area contributed by atoms with Gasteiger partial charge in [0.15, 0.2) is 0 Å². The molecule has 1 aromatic carbocycles. The molecule has 0 aliphatic heterocycles. The Morgan fingerprint density at radius 1 is 1.30 bits per heavy atom. The topological polar surface area (TPSA) is 74.0 Å². The SMILES string of the molecule is [C-]#[N+]c1cc(-c2cc(C)c(C(=O)OCC)s2)ccc1OS(=O)(=O)C(F)(F)F. The fourth-order valence-electron chi connectivity index (χ4n) is 2.02. The summed E-state index contributed by atoms with van der Waals surface area (Å²) in [6, 6.07) is 5.11. The van der Waals surface area contributed by atoms with Crippen LogP contribution in [0.4, 0.5) is 18.9 Å². The van der Waals surface area contributed by atoms with Gasteiger partial charge in [-0.05, 0) is 43.2 Å². The van der Waals surface area contributed by atoms with Crippen LogP contribution in [0.1, 0.15) is 22.2 Å². The first kappa shape index (κ1) is 20.7. The first-order valence-electron chi connectivity index (χ1n) is 7.30. The highest BCUT2D eigenvalue weighted by Crippen LogP contribution is 2.39. The maximum absolute atomic E-state index is 12.5. The number of alkyl halides is 3. The molecule has 11 heteroatoms. The third kappa shape index (κ3) is 4.40. The second kappa shape index (κ2) is 7.58. The molecule has 0 unspecified atom stereocenters. The molecule has 0 saturated heterocycles. The van der Waals surface area contributed by atoms with Crippen molar-refractivity contribution in [3.63, 3.8) is 0 Å². The number of rotatable bonds is 5. The van der Waals surface area contributed by atoms with Gasteiger partial charge >= 0.3 is 21.6 Å². The highest BCUT2D eigenvalue weighted by molar-refractivity contribution is 7.88. The zero-order valence-corrected chi connectivity index (χ0v) is 15.6. The number of halogens is 3. The van der Waals surface area contributed by atoms with Gasteiger partial charge in [-0.1, -0.05) is 6.07 Å². The van der Waals surface area contributed by atoms with Crippen LogP contribution in [0.5, 0.6) is 5.75 Å². The van der Waals surface area contributed by atoms with E-state index in [1.807, 2.05) is 0 Å². The molecule has 27 heavy (non-hydrogen) atoms. The third-order valence-electron chi connectivity index (χ3n) is 3.23. The van der Waals surface area contributed by atoms with Crippen molar-refractivity contribution in [2.75, 3.05) is 6.61 Å². The number of ether oxygens (including phenoxy) is 1. The van der Waals surface area contributed by atoms with Crippen molar-refractivity contribution in [3.8, 4) is 16.2 Å². The van der Waals surface area contributed by atoms with E-state index in [2.05, 4.69) is 9.03 Å². The van der Waals surface area contributed by atoms with Crippen LogP contribution < -0.4 is 4.18 Å². The zero-order chi connectivity index (χ0) is 20.4. The van der Waals surface area contributed by atoms with E-state index in [1.54, 1.807) is 19.9 Å². The molecule has 144 valence electrons. The summed E-state index contributed by atoms with van der Waals surface area (Å²) in [5.41, 5.74) is -4.96. The van der Waals surface area contributed by atoms with Crippen molar-refractivity contribution in [3.05, 3.63) is 46.1 Å². The summed E-state index contributed by atoms with van der Waals surface area (Å²) in [5.74, 6) is -1.24. The van der Waals surface area contributed by atoms with E-state index in [1.165, 1.54) is 12.1 Å². The number of carbonyl (C=O) groups excluding carboxylic acids is 1. The Bertz CT molecular complexity index is 1020. The molecule has 0 aliphatic rings. The fraction of sp³-hybridized carbons (Fsp3) is 0.250. The molecule has 0 bridgehead atoms. The highest BCUT2D eigenvalue weighted by Gasteiger charge is 2.48. The van der Waals surface area contributed by atoms with E-state index >= 15 is 0 Å². The molecule has 0 spiro atoms. The molecule has 0 fully saturated rings. The lowest BCUT2D eigenvalue weighted by Gasteiger charge is -2.11. The first-order valence-corrected chi connectivity index (χ1v) is 9.52. The largest absolute Gasteiger partial charge is 0.534 e. The maximum atomic E-state index is 12.5. The summed E-state index contributed by atoms with van der Waals surface area (Å²) in [4.78, 5) is 15.8. The molecule has 2 aromatic rings. The summed E-state index contributed by atoms with van der Waals surface area (Å²) in [7, 11) is -5.88. The van der Waals surface area contributed by atoms with E-state index in [0.717, 1.165) is 17.4 Å². The summed E-state index contributed by atoms with van der Waals surface area (Å²) >= 11 is 1.09. The molecule has 0 N–H and O–H groups in total. The van der Waals surface area contributed by atoms with Crippen molar-refractivity contribution >= 4 is 33.1 Å². The standard InChI is InChI=1S/C16H12F3NO5S2/c1-4-24-15(21)14-9(2)7-13(26-14)10-5-6-12(11(8-10)20-3)25-27(22,23)16(17,18)19/h5-8H,4H2,1-2H3. The summed E-state index contributed by atoms with van der Waals surface area (Å²) in [6.45, 7) is 10.6. The lowest BCUT2D eigenvalue weighted by Crippen LogP contribution is -2.28. The Labute approximate surface area is 157 Å². The number of hydrogen-bond donors (Lipinski definition) is 0. The van der Waals surface area contributed by atoms with Gasteiger partial charge in [-0.2, -0.15) is 21.6 Å². The average Bonchev–Trinajstić information content (AvgIpc) is 2.96. The van der Waals surface area contributed by atoms with Gasteiger partial charge in [0.05, 0.1) is 13.2 Å². The molecular formula is C16H12F3NO5S2. The van der Waals surface area contributed by atoms with Gasteiger partial charge in [0.2, 0.25) is 5.69 Å². The first-order chi connectivity index (χ1) is 12.5. The Balaban J connectivity index is 2.42. The molecule has 2 rings (SSSR count). The number of nitrogens with zero attached hydrogens (tertiary/aromatic N) is 1. The lowest BCUT2D eigenvalue weighted by atomic mass is 10.1. The minimum absolute atomic E-state index is 0.201. The fourth-order valence-corrected chi connectivity index (χ4v) is 3.55. The predicted molar refractivity (Wildman–Crippen MR) is 92.3 cm³/mol. The van der Waals surface area contributed by atoms with Crippen LogP contribution in [0.15, 0.2) is 24.3 Å². The van der Waals surface area contributed by atoms with Gasteiger partial charge in [0, 0.05) is 4.88 Å². The summed E-state index contributed by atoms with van der Waals surface area (Å²) in [6.07, 6.45) is 0. The lowest BCUT2D eigenvalue weighted by molar-refractivity contribution is -0.0499. The van der Waals surface area contributed by atoms with E-state index in [-0.39, 0.29) is 6.61 Å². The van der Waals surface area contributed by atoms with Crippen LogP contribution in [0, 0.1) is 13.5 Å². The molecule has 6 nitrogen and oxygen atoms in total. The van der Waals surface area contributed by atoms with Gasteiger partial charge < -0.3 is 8.92 Å². The quantitative estimate of drug-likeness (QED) is 0.305. The second-order valence-corrected chi connectivity index (χ2v) is 7.71. The van der Waals surface area contributed by atoms with E-state index < -0.39 is 33.0 Å². The number of thiophene rings is 1. The number of benzene rings is 1. The van der Waals surface area contributed by atoms with Crippen molar-refractivity contribution in [2.24, 2.45) is 0 Å². The van der Waals surface area contributed by atoms with Crippen LogP contribution in [-0.2, 0) is 14.9 Å². The molecule has 0 aliphatic carbocycles. The van der Waals surface area contributed by atoms with Crippen molar-refractivity contribution in [1.82, 2.24) is 0 Å². The van der Waals surface area contributed by atoms with E-state index in [4.69, 9.17) is 11.3 Å². The Morgan fingerprint density at radius 3 is 2.52 bits per heavy atom. The molecule has 0 atom stereocenters. The smallest absolute Gasteiger partial charge is 0.462 e. The molecule has 0 radical (unpaired) electrons. The van der Waals surface area contributed by atoms with Gasteiger partial charge in [0.1, 0.15) is 10.6 Å². The van der Waals surface area contributed by atoms with E-state index in [0.29, 0.717) is 20.9 Å².